The molecule has 0 aliphatic heterocycles. The Kier molecular flexibility index (Phi) is 6.47. The number of hydrogen-bond acceptors (Lipinski definition) is 7. The molecule has 0 fully saturated rings. The second kappa shape index (κ2) is 9.87. The predicted octanol–water partition coefficient (Wildman–Crippen LogP) is 5.18. The molecule has 0 amide bonds. The number of pyridine rings is 1. The molecule has 1 atom stereocenters. The van der Waals surface area contributed by atoms with Crippen LogP contribution in [0, 0.1) is 5.82 Å². The van der Waals surface area contributed by atoms with E-state index in [1.807, 2.05) is 39.5 Å². The van der Waals surface area contributed by atoms with Crippen molar-refractivity contribution in [2.24, 2.45) is 7.05 Å². The molecule has 2 aromatic carbocycles. The summed E-state index contributed by atoms with van der Waals surface area (Å²) >= 11 is 0. The Morgan fingerprint density at radius 3 is 2.69 bits per heavy atom. The van der Waals surface area contributed by atoms with Crippen molar-refractivity contribution in [3.8, 4) is 16.9 Å². The number of benzene rings is 2. The third kappa shape index (κ3) is 4.70. The summed E-state index contributed by atoms with van der Waals surface area (Å²) in [5.74, 6) is 0.710. The van der Waals surface area contributed by atoms with Crippen LogP contribution in [-0.4, -0.2) is 56.4 Å². The van der Waals surface area contributed by atoms with Gasteiger partial charge in [-0.05, 0) is 62.5 Å². The maximum absolute atomic E-state index is 15.4. The van der Waals surface area contributed by atoms with Crippen LogP contribution in [0.25, 0.3) is 32.9 Å². The largest absolute Gasteiger partial charge is 0.488 e. The van der Waals surface area contributed by atoms with Gasteiger partial charge >= 0.3 is 0 Å². The molecule has 184 valence electrons. The van der Waals surface area contributed by atoms with E-state index < -0.39 is 0 Å². The molecule has 3 aromatic heterocycles. The Hall–Kier alpha value is -4.11. The normalized spacial score (nSPS) is 12.4. The van der Waals surface area contributed by atoms with Crippen LogP contribution in [0.3, 0.4) is 0 Å². The summed E-state index contributed by atoms with van der Waals surface area (Å²) in [6, 6.07) is 10.8. The molecule has 0 saturated carbocycles. The van der Waals surface area contributed by atoms with Crippen LogP contribution < -0.4 is 10.1 Å². The Bertz CT molecular complexity index is 1530. The molecular weight excluding hydrogens is 457 g/mol. The highest BCUT2D eigenvalue weighted by Crippen LogP contribution is 2.37. The maximum Gasteiger partial charge on any atom is 0.156 e. The van der Waals surface area contributed by atoms with Crippen molar-refractivity contribution in [3.05, 3.63) is 67.1 Å². The van der Waals surface area contributed by atoms with Crippen molar-refractivity contribution in [2.75, 3.05) is 26.0 Å². The number of halogens is 1. The van der Waals surface area contributed by atoms with E-state index in [1.165, 1.54) is 6.33 Å². The molecule has 0 bridgehead atoms. The number of aromatic nitrogens is 5. The van der Waals surface area contributed by atoms with E-state index in [1.54, 1.807) is 41.3 Å². The highest BCUT2D eigenvalue weighted by Gasteiger charge is 2.19. The zero-order valence-corrected chi connectivity index (χ0v) is 20.7. The first-order valence-corrected chi connectivity index (χ1v) is 11.8. The number of anilines is 2. The number of aryl methyl sites for hydroxylation is 1. The first kappa shape index (κ1) is 23.6. The SMILES string of the molecule is CC[C@H](CN(C)C)Oc1cc(-c2cnn(C)c2)cc2ncnc(Nc3ccc4ncccc4c3F)c12. The van der Waals surface area contributed by atoms with Crippen LogP contribution >= 0.6 is 0 Å². The number of rotatable bonds is 8. The van der Waals surface area contributed by atoms with Crippen molar-refractivity contribution in [1.82, 2.24) is 29.6 Å². The lowest BCUT2D eigenvalue weighted by molar-refractivity contribution is 0.158. The lowest BCUT2D eigenvalue weighted by Crippen LogP contribution is -2.30. The Balaban J connectivity index is 1.64. The number of nitrogens with one attached hydrogen (secondary N) is 1. The molecule has 5 aromatic rings. The van der Waals surface area contributed by atoms with Gasteiger partial charge in [0.15, 0.2) is 5.82 Å². The average molecular weight is 486 g/mol. The van der Waals surface area contributed by atoms with Gasteiger partial charge in [0.1, 0.15) is 24.0 Å². The predicted molar refractivity (Wildman–Crippen MR) is 140 cm³/mol. The van der Waals surface area contributed by atoms with Gasteiger partial charge in [0.25, 0.3) is 0 Å². The second-order valence-corrected chi connectivity index (χ2v) is 9.03. The van der Waals surface area contributed by atoms with Crippen molar-refractivity contribution in [3.63, 3.8) is 0 Å². The summed E-state index contributed by atoms with van der Waals surface area (Å²) in [5.41, 5.74) is 3.46. The number of nitrogens with zero attached hydrogens (tertiary/aromatic N) is 6. The van der Waals surface area contributed by atoms with Gasteiger partial charge in [0.2, 0.25) is 0 Å². The molecule has 9 heteroatoms. The highest BCUT2D eigenvalue weighted by atomic mass is 19.1. The van der Waals surface area contributed by atoms with Crippen molar-refractivity contribution >= 4 is 33.3 Å². The van der Waals surface area contributed by atoms with Crippen LogP contribution in [0.1, 0.15) is 13.3 Å². The van der Waals surface area contributed by atoms with E-state index in [-0.39, 0.29) is 11.9 Å². The van der Waals surface area contributed by atoms with Crippen molar-refractivity contribution in [1.29, 1.82) is 0 Å². The fourth-order valence-electron chi connectivity index (χ4n) is 4.26. The zero-order chi connectivity index (χ0) is 25.2. The average Bonchev–Trinajstić information content (AvgIpc) is 3.31. The van der Waals surface area contributed by atoms with Gasteiger partial charge in [0.05, 0.1) is 28.3 Å². The van der Waals surface area contributed by atoms with Crippen molar-refractivity contribution in [2.45, 2.75) is 19.4 Å². The number of likely N-dealkylation sites (N-methyl/N-ethyl adjacent to an activating group) is 1. The zero-order valence-electron chi connectivity index (χ0n) is 20.7. The Morgan fingerprint density at radius 1 is 1.08 bits per heavy atom. The van der Waals surface area contributed by atoms with Gasteiger partial charge in [-0.25, -0.2) is 14.4 Å². The van der Waals surface area contributed by atoms with Crippen molar-refractivity contribution < 1.29 is 9.13 Å². The fourth-order valence-corrected chi connectivity index (χ4v) is 4.26. The summed E-state index contributed by atoms with van der Waals surface area (Å²) in [7, 11) is 5.91. The molecule has 0 spiro atoms. The van der Waals surface area contributed by atoms with Crippen LogP contribution in [0.15, 0.2) is 61.3 Å². The molecule has 0 aliphatic carbocycles. The van der Waals surface area contributed by atoms with E-state index in [4.69, 9.17) is 4.74 Å². The van der Waals surface area contributed by atoms with E-state index in [0.29, 0.717) is 39.1 Å². The minimum Gasteiger partial charge on any atom is -0.488 e. The van der Waals surface area contributed by atoms with E-state index in [9.17, 15) is 0 Å². The highest BCUT2D eigenvalue weighted by molar-refractivity contribution is 5.99. The number of ether oxygens (including phenoxy) is 1. The van der Waals surface area contributed by atoms with Gasteiger partial charge in [0, 0.05) is 36.9 Å². The lowest BCUT2D eigenvalue weighted by atomic mass is 10.1. The third-order valence-corrected chi connectivity index (χ3v) is 6.03. The van der Waals surface area contributed by atoms with Gasteiger partial charge < -0.3 is 15.0 Å². The Labute approximate surface area is 208 Å². The first-order valence-electron chi connectivity index (χ1n) is 11.8. The molecule has 0 aliphatic rings. The second-order valence-electron chi connectivity index (χ2n) is 9.03. The summed E-state index contributed by atoms with van der Waals surface area (Å²) in [5, 5.41) is 8.61. The Morgan fingerprint density at radius 2 is 1.94 bits per heavy atom. The molecule has 0 unspecified atom stereocenters. The maximum atomic E-state index is 15.4. The van der Waals surface area contributed by atoms with E-state index in [0.717, 1.165) is 24.1 Å². The molecule has 3 heterocycles. The quantitative estimate of drug-likeness (QED) is 0.324. The lowest BCUT2D eigenvalue weighted by Gasteiger charge is -2.23. The standard InChI is InChI=1S/C27H28FN7O/c1-5-19(15-34(2)3)36-24-12-17(18-13-32-35(4)14-18)11-23-25(24)27(31-16-30-23)33-22-9-8-21-20(26(22)28)7-6-10-29-21/h6-14,16,19H,5,15H2,1-4H3,(H,30,31,33)/t19-/m1/s1. The van der Waals surface area contributed by atoms with E-state index >= 15 is 4.39 Å². The van der Waals surface area contributed by atoms with Crippen LogP contribution in [0.4, 0.5) is 15.9 Å². The first-order chi connectivity index (χ1) is 17.4. The summed E-state index contributed by atoms with van der Waals surface area (Å²) in [6.07, 6.45) is 7.64. The summed E-state index contributed by atoms with van der Waals surface area (Å²) < 4.78 is 23.7. The minimum absolute atomic E-state index is 0.0520. The number of hydrogen-bond donors (Lipinski definition) is 1. The van der Waals surface area contributed by atoms with Gasteiger partial charge in [-0.2, -0.15) is 5.10 Å². The molecule has 0 saturated heterocycles. The third-order valence-electron chi connectivity index (χ3n) is 6.03. The molecule has 5 rings (SSSR count). The minimum atomic E-state index is -0.388. The molecule has 0 radical (unpaired) electrons. The van der Waals surface area contributed by atoms with Gasteiger partial charge in [-0.3, -0.25) is 9.67 Å². The van der Waals surface area contributed by atoms with Gasteiger partial charge in [-0.15, -0.1) is 0 Å². The smallest absolute Gasteiger partial charge is 0.156 e. The molecular formula is C27H28FN7O. The van der Waals surface area contributed by atoms with Crippen LogP contribution in [0.2, 0.25) is 0 Å². The van der Waals surface area contributed by atoms with E-state index in [2.05, 4.69) is 37.2 Å². The molecule has 1 N–H and O–H groups in total. The molecule has 8 nitrogen and oxygen atoms in total. The van der Waals surface area contributed by atoms with Crippen LogP contribution in [0.5, 0.6) is 5.75 Å². The molecule has 36 heavy (non-hydrogen) atoms. The van der Waals surface area contributed by atoms with Gasteiger partial charge in [-0.1, -0.05) is 6.92 Å². The topological polar surface area (TPSA) is 81.0 Å². The summed E-state index contributed by atoms with van der Waals surface area (Å²) in [6.45, 7) is 2.84. The number of fused-ring (bicyclic) bond motifs is 2. The summed E-state index contributed by atoms with van der Waals surface area (Å²) in [4.78, 5) is 15.3. The van der Waals surface area contributed by atoms with Crippen LogP contribution in [-0.2, 0) is 7.05 Å². The monoisotopic (exact) mass is 485 g/mol. The fraction of sp³-hybridized carbons (Fsp3) is 0.259.